The molecule has 2 aromatic carbocycles. The van der Waals surface area contributed by atoms with Crippen LogP contribution in [0.5, 0.6) is 0 Å². The Morgan fingerprint density at radius 2 is 1.97 bits per heavy atom. The Morgan fingerprint density at radius 1 is 1.10 bits per heavy atom. The van der Waals surface area contributed by atoms with Crippen LogP contribution in [-0.2, 0) is 7.05 Å². The molecule has 5 rings (SSSR count). The van der Waals surface area contributed by atoms with Crippen molar-refractivity contribution >= 4 is 28.8 Å². The number of nitrogen functional groups attached to an aromatic ring is 1. The summed E-state index contributed by atoms with van der Waals surface area (Å²) in [7, 11) is 1.91. The van der Waals surface area contributed by atoms with E-state index in [1.54, 1.807) is 29.1 Å². The molecule has 0 amide bonds. The number of carbonyl (C=O) groups is 1. The van der Waals surface area contributed by atoms with Gasteiger partial charge in [-0.2, -0.15) is 0 Å². The van der Waals surface area contributed by atoms with E-state index in [1.807, 2.05) is 29.8 Å². The summed E-state index contributed by atoms with van der Waals surface area (Å²) in [5.74, 6) is -0.224. The number of aldehydes is 1. The lowest BCUT2D eigenvalue weighted by Gasteiger charge is -2.14. The number of nitrogens with two attached hydrogens (primary N) is 1. The molecule has 0 atom stereocenters. The molecule has 3 aromatic heterocycles. The van der Waals surface area contributed by atoms with Gasteiger partial charge in [0.25, 0.3) is 0 Å². The van der Waals surface area contributed by atoms with Gasteiger partial charge in [-0.05, 0) is 24.3 Å². The number of hydrogen-bond donors (Lipinski definition) is 1. The summed E-state index contributed by atoms with van der Waals surface area (Å²) in [6.45, 7) is 0. The van der Waals surface area contributed by atoms with E-state index in [0.29, 0.717) is 28.9 Å². The summed E-state index contributed by atoms with van der Waals surface area (Å²) in [6, 6.07) is 11.9. The number of imidazole rings is 2. The van der Waals surface area contributed by atoms with Crippen LogP contribution in [-0.4, -0.2) is 30.2 Å². The minimum Gasteiger partial charge on any atom is -0.381 e. The summed E-state index contributed by atoms with van der Waals surface area (Å²) < 4.78 is 17.6. The quantitative estimate of drug-likeness (QED) is 0.479. The third kappa shape index (κ3) is 2.65. The van der Waals surface area contributed by atoms with Crippen LogP contribution in [0.3, 0.4) is 0 Å². The average Bonchev–Trinajstić information content (AvgIpc) is 3.32. The summed E-state index contributed by atoms with van der Waals surface area (Å²) in [4.78, 5) is 24.4. The van der Waals surface area contributed by atoms with Crippen LogP contribution in [0.4, 0.5) is 10.2 Å². The summed E-state index contributed by atoms with van der Waals surface area (Å²) in [5.41, 5.74) is 11.0. The molecule has 0 radical (unpaired) electrons. The van der Waals surface area contributed by atoms with E-state index in [1.165, 1.54) is 12.1 Å². The second-order valence-corrected chi connectivity index (χ2v) is 6.74. The molecule has 0 aliphatic rings. The van der Waals surface area contributed by atoms with E-state index in [2.05, 4.69) is 15.0 Å². The lowest BCUT2D eigenvalue weighted by Crippen LogP contribution is -2.04. The van der Waals surface area contributed by atoms with Gasteiger partial charge in [0.2, 0.25) is 0 Å². The number of nitrogens with zero attached hydrogens (tertiary/aromatic N) is 5. The topological polar surface area (TPSA) is 91.1 Å². The number of rotatable bonds is 3. The minimum absolute atomic E-state index is 0.155. The van der Waals surface area contributed by atoms with Gasteiger partial charge in [-0.3, -0.25) is 9.20 Å². The monoisotopic (exact) mass is 386 g/mol. The molecule has 7 nitrogen and oxygen atoms in total. The number of fused-ring (bicyclic) bond motifs is 2. The molecular weight excluding hydrogens is 371 g/mol. The molecule has 0 spiro atoms. The van der Waals surface area contributed by atoms with Gasteiger partial charge in [-0.15, -0.1) is 0 Å². The predicted octanol–water partition coefficient (Wildman–Crippen LogP) is 3.48. The fourth-order valence-corrected chi connectivity index (χ4v) is 3.53. The molecule has 0 aliphatic carbocycles. The zero-order chi connectivity index (χ0) is 20.1. The van der Waals surface area contributed by atoms with Gasteiger partial charge in [0.15, 0.2) is 17.8 Å². The van der Waals surface area contributed by atoms with E-state index in [0.717, 1.165) is 16.6 Å². The Morgan fingerprint density at radius 3 is 2.76 bits per heavy atom. The van der Waals surface area contributed by atoms with Crippen molar-refractivity contribution in [3.8, 4) is 22.5 Å². The van der Waals surface area contributed by atoms with Crippen molar-refractivity contribution in [2.75, 3.05) is 5.73 Å². The van der Waals surface area contributed by atoms with Gasteiger partial charge >= 0.3 is 0 Å². The Bertz CT molecular complexity index is 1420. The van der Waals surface area contributed by atoms with E-state index in [-0.39, 0.29) is 17.3 Å². The largest absolute Gasteiger partial charge is 0.381 e. The van der Waals surface area contributed by atoms with Crippen molar-refractivity contribution in [1.82, 2.24) is 23.9 Å². The molecular formula is C21H15FN6O. The standard InChI is InChI=1S/C21H15FN6O/c1-27-11-24-16-6-5-13(8-17(16)27)19-18(12-3-2-4-14(22)7-12)26-20(23)21-25-15(10-29)9-28(19)21/h2-11H,1H3,(H2,23,26). The van der Waals surface area contributed by atoms with Gasteiger partial charge in [0.05, 0.1) is 28.7 Å². The van der Waals surface area contributed by atoms with Crippen LogP contribution in [0.1, 0.15) is 10.5 Å². The predicted molar refractivity (Wildman–Crippen MR) is 108 cm³/mol. The third-order valence-electron chi connectivity index (χ3n) is 4.87. The highest BCUT2D eigenvalue weighted by Gasteiger charge is 2.19. The Kier molecular flexibility index (Phi) is 3.67. The number of aryl methyl sites for hydroxylation is 1. The lowest BCUT2D eigenvalue weighted by molar-refractivity contribution is 0.111. The summed E-state index contributed by atoms with van der Waals surface area (Å²) >= 11 is 0. The zero-order valence-corrected chi connectivity index (χ0v) is 15.4. The zero-order valence-electron chi connectivity index (χ0n) is 15.4. The Labute approximate surface area is 164 Å². The second kappa shape index (κ2) is 6.23. The molecule has 2 N–H and O–H groups in total. The minimum atomic E-state index is -0.379. The maximum atomic E-state index is 13.9. The van der Waals surface area contributed by atoms with Crippen molar-refractivity contribution in [2.24, 2.45) is 7.05 Å². The molecule has 8 heteroatoms. The molecule has 0 saturated heterocycles. The van der Waals surface area contributed by atoms with Crippen molar-refractivity contribution in [3.63, 3.8) is 0 Å². The number of halogens is 1. The maximum Gasteiger partial charge on any atom is 0.181 e. The Hall–Kier alpha value is -4.07. The smallest absolute Gasteiger partial charge is 0.181 e. The molecule has 0 fully saturated rings. The molecule has 142 valence electrons. The fourth-order valence-electron chi connectivity index (χ4n) is 3.53. The van der Waals surface area contributed by atoms with Gasteiger partial charge in [0, 0.05) is 24.4 Å². The van der Waals surface area contributed by atoms with Crippen LogP contribution in [0.2, 0.25) is 0 Å². The molecule has 0 unspecified atom stereocenters. The number of aromatic nitrogens is 5. The van der Waals surface area contributed by atoms with Gasteiger partial charge < -0.3 is 10.3 Å². The van der Waals surface area contributed by atoms with Crippen molar-refractivity contribution < 1.29 is 9.18 Å². The van der Waals surface area contributed by atoms with Gasteiger partial charge in [0.1, 0.15) is 11.5 Å². The number of carbonyl (C=O) groups excluding carboxylic acids is 1. The van der Waals surface area contributed by atoms with Gasteiger partial charge in [-0.1, -0.05) is 18.2 Å². The summed E-state index contributed by atoms with van der Waals surface area (Å²) in [6.07, 6.45) is 3.99. The first-order chi connectivity index (χ1) is 14.0. The number of benzene rings is 2. The Balaban J connectivity index is 1.91. The SMILES string of the molecule is Cn1cnc2ccc(-c3c(-c4cccc(F)c4)nc(N)c4nc(C=O)cn34)cc21. The van der Waals surface area contributed by atoms with Crippen LogP contribution in [0.15, 0.2) is 55.0 Å². The molecule has 0 saturated carbocycles. The maximum absolute atomic E-state index is 13.9. The van der Waals surface area contributed by atoms with Crippen molar-refractivity contribution in [3.05, 3.63) is 66.5 Å². The van der Waals surface area contributed by atoms with E-state index in [9.17, 15) is 9.18 Å². The normalized spacial score (nSPS) is 11.4. The molecule has 0 aliphatic heterocycles. The highest BCUT2D eigenvalue weighted by molar-refractivity contribution is 5.89. The van der Waals surface area contributed by atoms with Crippen LogP contribution < -0.4 is 5.73 Å². The number of hydrogen-bond acceptors (Lipinski definition) is 5. The van der Waals surface area contributed by atoms with E-state index >= 15 is 0 Å². The first-order valence-electron chi connectivity index (χ1n) is 8.86. The molecule has 0 bridgehead atoms. The van der Waals surface area contributed by atoms with Crippen LogP contribution in [0, 0.1) is 5.82 Å². The third-order valence-corrected chi connectivity index (χ3v) is 4.87. The molecule has 5 aromatic rings. The first kappa shape index (κ1) is 17.1. The summed E-state index contributed by atoms with van der Waals surface area (Å²) in [5, 5.41) is 0. The van der Waals surface area contributed by atoms with E-state index < -0.39 is 0 Å². The van der Waals surface area contributed by atoms with Crippen LogP contribution in [0.25, 0.3) is 39.2 Å². The number of anilines is 1. The molecule has 3 heterocycles. The highest BCUT2D eigenvalue weighted by Crippen LogP contribution is 2.34. The lowest BCUT2D eigenvalue weighted by atomic mass is 10.0. The van der Waals surface area contributed by atoms with Crippen LogP contribution >= 0.6 is 0 Å². The van der Waals surface area contributed by atoms with Gasteiger partial charge in [-0.25, -0.2) is 19.3 Å². The second-order valence-electron chi connectivity index (χ2n) is 6.74. The van der Waals surface area contributed by atoms with Crippen molar-refractivity contribution in [1.29, 1.82) is 0 Å². The first-order valence-corrected chi connectivity index (χ1v) is 8.86. The highest BCUT2D eigenvalue weighted by atomic mass is 19.1. The average molecular weight is 386 g/mol. The van der Waals surface area contributed by atoms with Crippen molar-refractivity contribution in [2.45, 2.75) is 0 Å². The van der Waals surface area contributed by atoms with E-state index in [4.69, 9.17) is 5.73 Å². The molecule has 29 heavy (non-hydrogen) atoms. The fraction of sp³-hybridized carbons (Fsp3) is 0.0476.